The Kier molecular flexibility index (Phi) is 4.38. The van der Waals surface area contributed by atoms with E-state index < -0.39 is 11.6 Å². The molecule has 2 aliphatic rings. The molecule has 29 heavy (non-hydrogen) atoms. The Bertz CT molecular complexity index is 1130. The average molecular weight is 459 g/mol. The number of hydrogen-bond donors (Lipinski definition) is 2. The van der Waals surface area contributed by atoms with Crippen LogP contribution in [0.5, 0.6) is 0 Å². The number of halogens is 3. The summed E-state index contributed by atoms with van der Waals surface area (Å²) in [6, 6.07) is 10.8. The summed E-state index contributed by atoms with van der Waals surface area (Å²) in [7, 11) is 0. The molecule has 148 valence electrons. The summed E-state index contributed by atoms with van der Waals surface area (Å²) in [6.07, 6.45) is 2.92. The number of aromatic nitrogens is 2. The maximum atomic E-state index is 14.5. The maximum Gasteiger partial charge on any atom is 0.290 e. The Hall–Kier alpha value is -2.74. The highest BCUT2D eigenvalue weighted by molar-refractivity contribution is 9.10. The van der Waals surface area contributed by atoms with Gasteiger partial charge >= 0.3 is 0 Å². The van der Waals surface area contributed by atoms with E-state index in [9.17, 15) is 13.6 Å². The van der Waals surface area contributed by atoms with Crippen molar-refractivity contribution in [2.45, 2.75) is 31.1 Å². The molecule has 2 aromatic carbocycles. The molecule has 8 heteroatoms. The van der Waals surface area contributed by atoms with E-state index in [1.165, 1.54) is 16.8 Å². The first-order valence-electron chi connectivity index (χ1n) is 9.42. The number of carbonyl (C=O) groups is 1. The molecule has 1 amide bonds. The van der Waals surface area contributed by atoms with E-state index in [-0.39, 0.29) is 29.1 Å². The van der Waals surface area contributed by atoms with E-state index in [0.717, 1.165) is 41.1 Å². The zero-order valence-corrected chi connectivity index (χ0v) is 16.8. The first kappa shape index (κ1) is 18.3. The van der Waals surface area contributed by atoms with Gasteiger partial charge in [-0.3, -0.25) is 15.6 Å². The second-order valence-electron chi connectivity index (χ2n) is 7.42. The molecule has 0 aliphatic heterocycles. The lowest BCUT2D eigenvalue weighted by atomic mass is 9.95. The average Bonchev–Trinajstić information content (AvgIpc) is 3.40. The van der Waals surface area contributed by atoms with Crippen LogP contribution in [0.4, 0.5) is 14.5 Å². The van der Waals surface area contributed by atoms with Crippen molar-refractivity contribution in [3.05, 3.63) is 75.5 Å². The van der Waals surface area contributed by atoms with Crippen LogP contribution in [-0.4, -0.2) is 15.7 Å². The number of carbonyl (C=O) groups excluding carboxylic acids is 1. The van der Waals surface area contributed by atoms with Gasteiger partial charge in [-0.1, -0.05) is 12.1 Å². The molecule has 2 bridgehead atoms. The van der Waals surface area contributed by atoms with Gasteiger partial charge in [0.1, 0.15) is 11.5 Å². The minimum Gasteiger partial charge on any atom is -0.297 e. The minimum atomic E-state index is -0.698. The summed E-state index contributed by atoms with van der Waals surface area (Å²) >= 11 is 3.42. The zero-order chi connectivity index (χ0) is 20.1. The minimum absolute atomic E-state index is 0.160. The molecule has 1 aromatic heterocycles. The van der Waals surface area contributed by atoms with Gasteiger partial charge in [0.05, 0.1) is 11.4 Å². The van der Waals surface area contributed by atoms with Crippen molar-refractivity contribution in [1.29, 1.82) is 0 Å². The fraction of sp³-hybridized carbons (Fsp3) is 0.238. The molecule has 2 aliphatic carbocycles. The molecule has 2 atom stereocenters. The molecule has 3 aromatic rings. The standard InChI is InChI=1S/C21H17BrF2N4O/c22-14-3-1-2-4-16(14)25-26-21(29)19-18-11-5-6-12(9-11)20(18)28(27-19)17-8-7-13(23)10-15(17)24/h1-4,7-8,10-12,25H,5-6,9H2,(H,26,29). The van der Waals surface area contributed by atoms with E-state index in [2.05, 4.69) is 31.9 Å². The number of para-hydroxylation sites is 1. The molecule has 5 rings (SSSR count). The molecule has 5 nitrogen and oxygen atoms in total. The van der Waals surface area contributed by atoms with Gasteiger partial charge in [0.25, 0.3) is 5.91 Å². The number of anilines is 1. The van der Waals surface area contributed by atoms with E-state index >= 15 is 0 Å². The third kappa shape index (κ3) is 3.02. The monoisotopic (exact) mass is 458 g/mol. The van der Waals surface area contributed by atoms with Crippen LogP contribution in [0.2, 0.25) is 0 Å². The number of nitrogens with zero attached hydrogens (tertiary/aromatic N) is 2. The summed E-state index contributed by atoms with van der Waals surface area (Å²) < 4.78 is 30.1. The van der Waals surface area contributed by atoms with Crippen LogP contribution >= 0.6 is 15.9 Å². The molecule has 2 unspecified atom stereocenters. The van der Waals surface area contributed by atoms with Crippen LogP contribution in [0.3, 0.4) is 0 Å². The van der Waals surface area contributed by atoms with Crippen molar-refractivity contribution < 1.29 is 13.6 Å². The van der Waals surface area contributed by atoms with Gasteiger partial charge in [-0.15, -0.1) is 0 Å². The van der Waals surface area contributed by atoms with Crippen molar-refractivity contribution in [3.8, 4) is 5.69 Å². The van der Waals surface area contributed by atoms with Gasteiger partial charge in [-0.05, 0) is 65.4 Å². The second-order valence-corrected chi connectivity index (χ2v) is 8.28. The van der Waals surface area contributed by atoms with Gasteiger partial charge < -0.3 is 0 Å². The predicted octanol–water partition coefficient (Wildman–Crippen LogP) is 5.03. The number of nitrogens with one attached hydrogen (secondary N) is 2. The summed E-state index contributed by atoms with van der Waals surface area (Å²) in [4.78, 5) is 12.9. The summed E-state index contributed by atoms with van der Waals surface area (Å²) in [5.74, 6) is -1.24. The molecule has 1 fully saturated rings. The van der Waals surface area contributed by atoms with Crippen LogP contribution in [0, 0.1) is 11.6 Å². The normalized spacial score (nSPS) is 19.3. The van der Waals surface area contributed by atoms with Crippen LogP contribution in [0.25, 0.3) is 5.69 Å². The molecule has 0 spiro atoms. The molecule has 1 saturated carbocycles. The summed E-state index contributed by atoms with van der Waals surface area (Å²) in [5.41, 5.74) is 8.50. The number of hydrogen-bond acceptors (Lipinski definition) is 3. The molecule has 2 N–H and O–H groups in total. The fourth-order valence-electron chi connectivity index (χ4n) is 4.48. The van der Waals surface area contributed by atoms with Gasteiger partial charge in [-0.2, -0.15) is 5.10 Å². The molecule has 1 heterocycles. The van der Waals surface area contributed by atoms with Crippen molar-refractivity contribution in [1.82, 2.24) is 15.2 Å². The Morgan fingerprint density at radius 2 is 1.93 bits per heavy atom. The van der Waals surface area contributed by atoms with Crippen LogP contribution in [-0.2, 0) is 0 Å². The third-order valence-electron chi connectivity index (χ3n) is 5.72. The maximum absolute atomic E-state index is 14.5. The number of hydrazine groups is 1. The van der Waals surface area contributed by atoms with Crippen molar-refractivity contribution >= 4 is 27.5 Å². The quantitative estimate of drug-likeness (QED) is 0.538. The highest BCUT2D eigenvalue weighted by atomic mass is 79.9. The van der Waals surface area contributed by atoms with Gasteiger partial charge in [0, 0.05) is 22.0 Å². The van der Waals surface area contributed by atoms with E-state index in [1.54, 1.807) is 0 Å². The number of rotatable bonds is 4. The number of amides is 1. The second kappa shape index (κ2) is 6.95. The summed E-state index contributed by atoms with van der Waals surface area (Å²) in [5, 5.41) is 4.46. The van der Waals surface area contributed by atoms with Crippen LogP contribution in [0.15, 0.2) is 46.9 Å². The molecular formula is C21H17BrF2N4O. The third-order valence-corrected chi connectivity index (χ3v) is 6.42. The lowest BCUT2D eigenvalue weighted by molar-refractivity contribution is 0.0956. The Labute approximate surface area is 174 Å². The van der Waals surface area contributed by atoms with Gasteiger partial charge in [0.2, 0.25) is 0 Å². The fourth-order valence-corrected chi connectivity index (χ4v) is 4.86. The first-order chi connectivity index (χ1) is 14.0. The first-order valence-corrected chi connectivity index (χ1v) is 10.2. The summed E-state index contributed by atoms with van der Waals surface area (Å²) in [6.45, 7) is 0. The number of fused-ring (bicyclic) bond motifs is 5. The largest absolute Gasteiger partial charge is 0.297 e. The highest BCUT2D eigenvalue weighted by Crippen LogP contribution is 2.54. The molecule has 0 saturated heterocycles. The Balaban J connectivity index is 1.52. The van der Waals surface area contributed by atoms with Crippen LogP contribution in [0.1, 0.15) is 52.8 Å². The number of benzene rings is 2. The van der Waals surface area contributed by atoms with Crippen molar-refractivity contribution in [3.63, 3.8) is 0 Å². The smallest absolute Gasteiger partial charge is 0.290 e. The Morgan fingerprint density at radius 1 is 1.14 bits per heavy atom. The zero-order valence-electron chi connectivity index (χ0n) is 15.3. The Morgan fingerprint density at radius 3 is 2.72 bits per heavy atom. The SMILES string of the molecule is O=C(NNc1ccccc1Br)c1nn(-c2ccc(F)cc2F)c2c1C1CCC2C1. The van der Waals surface area contributed by atoms with E-state index in [4.69, 9.17) is 0 Å². The predicted molar refractivity (Wildman–Crippen MR) is 108 cm³/mol. The van der Waals surface area contributed by atoms with Gasteiger partial charge in [0.15, 0.2) is 11.5 Å². The lowest BCUT2D eigenvalue weighted by Crippen LogP contribution is -2.30. The topological polar surface area (TPSA) is 59.0 Å². The molecule has 0 radical (unpaired) electrons. The van der Waals surface area contributed by atoms with Gasteiger partial charge in [-0.25, -0.2) is 13.5 Å². The lowest BCUT2D eigenvalue weighted by Gasteiger charge is -2.14. The van der Waals surface area contributed by atoms with E-state index in [0.29, 0.717) is 5.69 Å². The van der Waals surface area contributed by atoms with Crippen LogP contribution < -0.4 is 10.9 Å². The molecular weight excluding hydrogens is 442 g/mol. The van der Waals surface area contributed by atoms with E-state index in [1.807, 2.05) is 24.3 Å². The van der Waals surface area contributed by atoms with Crippen molar-refractivity contribution in [2.24, 2.45) is 0 Å². The van der Waals surface area contributed by atoms with Crippen molar-refractivity contribution in [2.75, 3.05) is 5.43 Å². The highest BCUT2D eigenvalue weighted by Gasteiger charge is 2.44.